The summed E-state index contributed by atoms with van der Waals surface area (Å²) in [5, 5.41) is 5.28. The first-order valence-electron chi connectivity index (χ1n) is 19.3. The fourth-order valence-electron chi connectivity index (χ4n) is 10.6. The van der Waals surface area contributed by atoms with Crippen LogP contribution in [0.4, 0.5) is 22.7 Å². The van der Waals surface area contributed by atoms with E-state index < -0.39 is 0 Å². The number of rotatable bonds is 1. The van der Waals surface area contributed by atoms with Crippen LogP contribution >= 0.6 is 0 Å². The first-order chi connectivity index (χ1) is 24.3. The van der Waals surface area contributed by atoms with Crippen LogP contribution in [-0.2, 0) is 16.2 Å². The first-order valence-corrected chi connectivity index (χ1v) is 19.3. The van der Waals surface area contributed by atoms with Gasteiger partial charge in [-0.15, -0.1) is 0 Å². The molecule has 4 aliphatic rings. The van der Waals surface area contributed by atoms with Gasteiger partial charge in [0, 0.05) is 39.1 Å². The Morgan fingerprint density at radius 2 is 1.29 bits per heavy atom. The van der Waals surface area contributed by atoms with Crippen LogP contribution in [-0.4, -0.2) is 12.4 Å². The molecule has 2 unspecified atom stereocenters. The normalized spacial score (nSPS) is 21.8. The summed E-state index contributed by atoms with van der Waals surface area (Å²) in [5.41, 5.74) is 15.7. The summed E-state index contributed by atoms with van der Waals surface area (Å²) in [5.74, 6) is 0. The molecular weight excluding hydrogens is 615 g/mol. The Bertz CT molecular complexity index is 2440. The van der Waals surface area contributed by atoms with Gasteiger partial charge in [0.2, 0.25) is 0 Å². The smallest absolute Gasteiger partial charge is 0.333 e. The summed E-state index contributed by atoms with van der Waals surface area (Å²) >= 11 is 0. The van der Waals surface area contributed by atoms with Crippen LogP contribution in [0.3, 0.4) is 0 Å². The van der Waals surface area contributed by atoms with Gasteiger partial charge in [0.1, 0.15) is 0 Å². The summed E-state index contributed by atoms with van der Waals surface area (Å²) in [4.78, 5) is 5.62. The van der Waals surface area contributed by atoms with Crippen molar-refractivity contribution in [1.29, 1.82) is 0 Å². The van der Waals surface area contributed by atoms with Gasteiger partial charge in [-0.05, 0) is 98.1 Å². The second-order valence-electron chi connectivity index (χ2n) is 18.5. The minimum absolute atomic E-state index is 0.0110. The fourth-order valence-corrected chi connectivity index (χ4v) is 10.6. The van der Waals surface area contributed by atoms with Crippen molar-refractivity contribution in [3.05, 3.63) is 120 Å². The van der Waals surface area contributed by atoms with E-state index in [1.54, 1.807) is 5.56 Å². The monoisotopic (exact) mass is 664 g/mol. The number of nitrogens with zero attached hydrogens (tertiary/aromatic N) is 2. The van der Waals surface area contributed by atoms with E-state index in [9.17, 15) is 0 Å². The molecule has 2 nitrogen and oxygen atoms in total. The third-order valence-electron chi connectivity index (χ3n) is 13.7. The Kier molecular flexibility index (Phi) is 6.19. The molecule has 1 saturated carbocycles. The molecule has 3 aliphatic heterocycles. The van der Waals surface area contributed by atoms with Crippen molar-refractivity contribution in [3.63, 3.8) is 0 Å². The fraction of sp³-hybridized carbons (Fsp3) is 0.333. The second-order valence-corrected chi connectivity index (χ2v) is 18.5. The molecule has 2 atom stereocenters. The standard InChI is InChI=1S/C48H49BN2/c1-45(2,3)32-20-22-34(23-21-32)51-43-36-18-12-9-15-30(36)19-24-37(43)41-35-17-11-10-16-31(35)27-40-42(41)49(51)39-29-33(46(4,5)6)28-38-44(39)50(40)48(8)26-14-13-25-47(38,48)7/h9-12,15-24,27-29H,13-14,25-26H2,1-8H3. The zero-order chi connectivity index (χ0) is 35.2. The molecule has 0 spiro atoms. The van der Waals surface area contributed by atoms with E-state index in [0.29, 0.717) is 0 Å². The lowest BCUT2D eigenvalue weighted by molar-refractivity contribution is 0.195. The Morgan fingerprint density at radius 1 is 0.627 bits per heavy atom. The van der Waals surface area contributed by atoms with E-state index >= 15 is 0 Å². The zero-order valence-electron chi connectivity index (χ0n) is 31.6. The molecule has 254 valence electrons. The van der Waals surface area contributed by atoms with E-state index in [1.165, 1.54) is 103 Å². The maximum absolute atomic E-state index is 2.87. The quantitative estimate of drug-likeness (QED) is 0.161. The highest BCUT2D eigenvalue weighted by Crippen LogP contribution is 2.63. The molecule has 6 aromatic rings. The molecule has 0 N–H and O–H groups in total. The van der Waals surface area contributed by atoms with E-state index in [4.69, 9.17) is 0 Å². The molecule has 0 bridgehead atoms. The summed E-state index contributed by atoms with van der Waals surface area (Å²) in [6, 6.07) is 40.4. The lowest BCUT2D eigenvalue weighted by atomic mass is 9.42. The zero-order valence-corrected chi connectivity index (χ0v) is 31.6. The predicted molar refractivity (Wildman–Crippen MR) is 221 cm³/mol. The Hall–Kier alpha value is -4.50. The maximum Gasteiger partial charge on any atom is 0.333 e. The van der Waals surface area contributed by atoms with Crippen LogP contribution in [0, 0.1) is 0 Å². The van der Waals surface area contributed by atoms with Crippen LogP contribution in [0.2, 0.25) is 0 Å². The molecule has 1 fully saturated rings. The van der Waals surface area contributed by atoms with Gasteiger partial charge in [-0.2, -0.15) is 0 Å². The van der Waals surface area contributed by atoms with Crippen LogP contribution in [0.5, 0.6) is 0 Å². The number of hydrogen-bond donors (Lipinski definition) is 0. The SMILES string of the molecule is CC(C)(C)c1ccc(N2B3c4cc(C(C)(C)C)cc5c4N(c4cc6ccccc6c(c43)-c3ccc4ccccc4c32)C2(C)CCCCC52C)cc1. The molecule has 3 heterocycles. The van der Waals surface area contributed by atoms with Gasteiger partial charge in [0.05, 0.1) is 5.54 Å². The Morgan fingerprint density at radius 3 is 2.02 bits per heavy atom. The summed E-state index contributed by atoms with van der Waals surface area (Å²) in [7, 11) is 0. The van der Waals surface area contributed by atoms with Crippen molar-refractivity contribution in [2.45, 2.75) is 103 Å². The molecule has 0 saturated heterocycles. The highest BCUT2D eigenvalue weighted by Gasteiger charge is 2.62. The molecule has 51 heavy (non-hydrogen) atoms. The van der Waals surface area contributed by atoms with E-state index in [1.807, 2.05) is 0 Å². The van der Waals surface area contributed by atoms with Crippen molar-refractivity contribution in [2.75, 3.05) is 9.71 Å². The minimum atomic E-state index is -0.0110. The Balaban J connectivity index is 1.41. The van der Waals surface area contributed by atoms with E-state index in [2.05, 4.69) is 168 Å². The Labute approximate surface area is 304 Å². The summed E-state index contributed by atoms with van der Waals surface area (Å²) < 4.78 is 0. The van der Waals surface area contributed by atoms with Gasteiger partial charge >= 0.3 is 6.85 Å². The number of fused-ring (bicyclic) bond motifs is 11. The first kappa shape index (κ1) is 31.3. The van der Waals surface area contributed by atoms with E-state index in [0.717, 1.165) is 0 Å². The average Bonchev–Trinajstić information content (AvgIpc) is 3.32. The van der Waals surface area contributed by atoms with Gasteiger partial charge in [-0.3, -0.25) is 0 Å². The van der Waals surface area contributed by atoms with Gasteiger partial charge in [0.15, 0.2) is 0 Å². The highest BCUT2D eigenvalue weighted by atomic mass is 15.3. The topological polar surface area (TPSA) is 6.48 Å². The van der Waals surface area contributed by atoms with E-state index in [-0.39, 0.29) is 28.6 Å². The predicted octanol–water partition coefficient (Wildman–Crippen LogP) is 11.6. The lowest BCUT2D eigenvalue weighted by Gasteiger charge is -2.53. The molecule has 0 amide bonds. The minimum Gasteiger partial charge on any atom is -0.376 e. The van der Waals surface area contributed by atoms with Gasteiger partial charge in [0.25, 0.3) is 0 Å². The second kappa shape index (κ2) is 10.1. The molecule has 6 aromatic carbocycles. The summed E-state index contributed by atoms with van der Waals surface area (Å²) in [6.45, 7) is 19.4. The highest BCUT2D eigenvalue weighted by molar-refractivity contribution is 6.94. The molecule has 10 rings (SSSR count). The lowest BCUT2D eigenvalue weighted by Crippen LogP contribution is -2.64. The van der Waals surface area contributed by atoms with Gasteiger partial charge in [-0.1, -0.05) is 146 Å². The number of benzene rings is 6. The molecular formula is C48H49BN2. The molecule has 0 radical (unpaired) electrons. The third kappa shape index (κ3) is 4.01. The molecule has 1 aliphatic carbocycles. The van der Waals surface area contributed by atoms with Crippen LogP contribution in [0.1, 0.15) is 97.8 Å². The molecule has 3 heteroatoms. The third-order valence-corrected chi connectivity index (χ3v) is 13.7. The number of anilines is 4. The largest absolute Gasteiger partial charge is 0.376 e. The molecule has 0 aromatic heterocycles. The van der Waals surface area contributed by atoms with Crippen LogP contribution in [0.25, 0.3) is 32.7 Å². The van der Waals surface area contributed by atoms with Gasteiger partial charge < -0.3 is 9.71 Å². The van der Waals surface area contributed by atoms with Crippen molar-refractivity contribution >= 4 is 62.1 Å². The number of hydrogen-bond acceptors (Lipinski definition) is 2. The maximum atomic E-state index is 2.87. The van der Waals surface area contributed by atoms with Crippen molar-refractivity contribution in [1.82, 2.24) is 0 Å². The van der Waals surface area contributed by atoms with Crippen LogP contribution in [0.15, 0.2) is 103 Å². The van der Waals surface area contributed by atoms with Crippen LogP contribution < -0.4 is 20.6 Å². The van der Waals surface area contributed by atoms with Crippen molar-refractivity contribution < 1.29 is 0 Å². The van der Waals surface area contributed by atoms with Crippen molar-refractivity contribution in [2.24, 2.45) is 0 Å². The van der Waals surface area contributed by atoms with Gasteiger partial charge in [-0.25, -0.2) is 0 Å². The van der Waals surface area contributed by atoms with Crippen molar-refractivity contribution in [3.8, 4) is 11.1 Å². The average molecular weight is 665 g/mol. The summed E-state index contributed by atoms with van der Waals surface area (Å²) in [6.07, 6.45) is 4.99.